The minimum absolute atomic E-state index is 0.299. The minimum atomic E-state index is -0.399. The molecule has 0 amide bonds. The average molecular weight is 442 g/mol. The Morgan fingerprint density at radius 3 is 2.65 bits per heavy atom. The maximum Gasteiger partial charge on any atom is 0.173 e. The van der Waals surface area contributed by atoms with Crippen molar-refractivity contribution in [2.24, 2.45) is 0 Å². The highest BCUT2D eigenvalue weighted by atomic mass is 35.5. The van der Waals surface area contributed by atoms with Crippen molar-refractivity contribution >= 4 is 45.3 Å². The molecule has 0 radical (unpaired) electrons. The molecule has 7 nitrogen and oxygen atoms in total. The molecule has 0 spiro atoms. The number of halogens is 2. The first kappa shape index (κ1) is 20.1. The second kappa shape index (κ2) is 7.39. The summed E-state index contributed by atoms with van der Waals surface area (Å²) < 4.78 is 16.1. The van der Waals surface area contributed by atoms with Gasteiger partial charge in [0.2, 0.25) is 0 Å². The monoisotopic (exact) mass is 441 g/mol. The molecule has 1 aliphatic rings. The van der Waals surface area contributed by atoms with E-state index in [4.69, 9.17) is 11.6 Å². The average Bonchev–Trinajstić information content (AvgIpc) is 3.28. The van der Waals surface area contributed by atoms with E-state index in [0.717, 1.165) is 40.9 Å². The summed E-state index contributed by atoms with van der Waals surface area (Å²) in [6.45, 7) is 10.1. The molecule has 0 saturated carbocycles. The number of fused-ring (bicyclic) bond motifs is 2. The number of aromatic nitrogens is 4. The zero-order chi connectivity index (χ0) is 21.9. The first-order valence-electron chi connectivity index (χ1n) is 10.4. The molecule has 2 atom stereocenters. The van der Waals surface area contributed by atoms with Gasteiger partial charge in [-0.2, -0.15) is 5.10 Å². The first-order valence-corrected chi connectivity index (χ1v) is 10.8. The zero-order valence-corrected chi connectivity index (χ0v) is 18.7. The van der Waals surface area contributed by atoms with E-state index in [0.29, 0.717) is 34.3 Å². The van der Waals surface area contributed by atoms with Crippen LogP contribution >= 0.6 is 11.6 Å². The molecule has 1 fully saturated rings. The van der Waals surface area contributed by atoms with Gasteiger partial charge in [0.05, 0.1) is 27.3 Å². The van der Waals surface area contributed by atoms with Gasteiger partial charge < -0.3 is 19.9 Å². The van der Waals surface area contributed by atoms with Crippen LogP contribution in [0, 0.1) is 19.7 Å². The molecule has 0 unspecified atom stereocenters. The summed E-state index contributed by atoms with van der Waals surface area (Å²) in [5.74, 6) is 0.164. The van der Waals surface area contributed by atoms with Crippen molar-refractivity contribution in [1.82, 2.24) is 24.9 Å². The molecule has 31 heavy (non-hydrogen) atoms. The summed E-state index contributed by atoms with van der Waals surface area (Å²) in [5.41, 5.74) is 4.70. The molecule has 1 aromatic carbocycles. The highest BCUT2D eigenvalue weighted by molar-refractivity contribution is 6.37. The zero-order valence-electron chi connectivity index (χ0n) is 17.9. The summed E-state index contributed by atoms with van der Waals surface area (Å²) in [6, 6.07) is 4.22. The molecule has 0 bridgehead atoms. The molecule has 1 aliphatic heterocycles. The Kier molecular flexibility index (Phi) is 4.79. The second-order valence-corrected chi connectivity index (χ2v) is 8.92. The van der Waals surface area contributed by atoms with Crippen LogP contribution in [0.5, 0.6) is 0 Å². The van der Waals surface area contributed by atoms with E-state index in [9.17, 15) is 4.39 Å². The summed E-state index contributed by atoms with van der Waals surface area (Å²) in [7, 11) is 0. The van der Waals surface area contributed by atoms with Crippen molar-refractivity contribution in [1.29, 1.82) is 0 Å². The Bertz CT molecular complexity index is 1280. The molecule has 4 heterocycles. The Labute approximate surface area is 184 Å². The van der Waals surface area contributed by atoms with Crippen LogP contribution in [0.15, 0.2) is 24.5 Å². The van der Waals surface area contributed by atoms with E-state index in [1.165, 1.54) is 6.07 Å². The lowest BCUT2D eigenvalue weighted by Crippen LogP contribution is -2.54. The van der Waals surface area contributed by atoms with Crippen molar-refractivity contribution in [3.63, 3.8) is 0 Å². The summed E-state index contributed by atoms with van der Waals surface area (Å²) in [6.07, 6.45) is 3.57. The fourth-order valence-electron chi connectivity index (χ4n) is 4.60. The van der Waals surface area contributed by atoms with Crippen molar-refractivity contribution in [2.75, 3.05) is 23.3 Å². The SMILES string of the molecule is Cc1cn2cc(Nc3n[nH]c4c(C)c(N5C[C@H](C)N[C@@H](C)C5)cc(Cl)c34)cc(F)c2n1. The summed E-state index contributed by atoms with van der Waals surface area (Å²) in [4.78, 5) is 6.57. The normalized spacial score (nSPS) is 19.5. The van der Waals surface area contributed by atoms with Crippen molar-refractivity contribution < 1.29 is 4.39 Å². The van der Waals surface area contributed by atoms with Crippen molar-refractivity contribution in [3.8, 4) is 0 Å². The number of rotatable bonds is 3. The fourth-order valence-corrected chi connectivity index (χ4v) is 4.89. The lowest BCUT2D eigenvalue weighted by atomic mass is 10.1. The number of H-pyrrole nitrogens is 1. The van der Waals surface area contributed by atoms with E-state index in [-0.39, 0.29) is 0 Å². The Balaban J connectivity index is 1.54. The van der Waals surface area contributed by atoms with E-state index in [1.807, 2.05) is 13.0 Å². The Morgan fingerprint density at radius 2 is 1.90 bits per heavy atom. The standard InChI is InChI=1S/C22H25ClFN7/c1-11-7-30(8-12(2)25-11)18-6-16(23)19-20(14(18)4)28-29-21(19)27-15-5-17(24)22-26-13(3)9-31(22)10-15/h5-6,9-12,25H,7-8H2,1-4H3,(H2,27,28,29)/t11-,12-/m0/s1. The summed E-state index contributed by atoms with van der Waals surface area (Å²) >= 11 is 6.74. The number of aromatic amines is 1. The molecule has 3 aromatic heterocycles. The second-order valence-electron chi connectivity index (χ2n) is 8.51. The van der Waals surface area contributed by atoms with Crippen LogP contribution < -0.4 is 15.5 Å². The highest BCUT2D eigenvalue weighted by Crippen LogP contribution is 2.38. The lowest BCUT2D eigenvalue weighted by molar-refractivity contribution is 0.407. The van der Waals surface area contributed by atoms with Crippen LogP contribution in [-0.2, 0) is 0 Å². The van der Waals surface area contributed by atoms with Gasteiger partial charge in [0.15, 0.2) is 17.3 Å². The van der Waals surface area contributed by atoms with Gasteiger partial charge >= 0.3 is 0 Å². The maximum atomic E-state index is 14.5. The molecular weight excluding hydrogens is 417 g/mol. The van der Waals surface area contributed by atoms with Crippen molar-refractivity contribution in [3.05, 3.63) is 46.6 Å². The number of nitrogens with zero attached hydrogens (tertiary/aromatic N) is 4. The molecule has 5 rings (SSSR count). The topological polar surface area (TPSA) is 73.3 Å². The Morgan fingerprint density at radius 1 is 1.16 bits per heavy atom. The van der Waals surface area contributed by atoms with Gasteiger partial charge in [-0.25, -0.2) is 9.37 Å². The van der Waals surface area contributed by atoms with Gasteiger partial charge in [0.25, 0.3) is 0 Å². The number of pyridine rings is 1. The van der Waals surface area contributed by atoms with Gasteiger partial charge in [-0.1, -0.05) is 11.6 Å². The number of anilines is 3. The van der Waals surface area contributed by atoms with Gasteiger partial charge in [-0.3, -0.25) is 5.10 Å². The third-order valence-electron chi connectivity index (χ3n) is 5.82. The maximum absolute atomic E-state index is 14.5. The molecule has 4 aromatic rings. The van der Waals surface area contributed by atoms with E-state index >= 15 is 0 Å². The van der Waals surface area contributed by atoms with Crippen LogP contribution in [0.1, 0.15) is 25.1 Å². The van der Waals surface area contributed by atoms with Gasteiger partial charge in [0, 0.05) is 49.3 Å². The predicted molar refractivity (Wildman–Crippen MR) is 123 cm³/mol. The molecule has 0 aliphatic carbocycles. The number of aryl methyl sites for hydroxylation is 2. The number of imidazole rings is 1. The fraction of sp³-hybridized carbons (Fsp3) is 0.364. The molecule has 1 saturated heterocycles. The lowest BCUT2D eigenvalue weighted by Gasteiger charge is -2.38. The number of benzene rings is 1. The van der Waals surface area contributed by atoms with E-state index < -0.39 is 5.82 Å². The minimum Gasteiger partial charge on any atom is -0.368 e. The van der Waals surface area contributed by atoms with Gasteiger partial charge in [0.1, 0.15) is 0 Å². The predicted octanol–water partition coefficient (Wildman–Crippen LogP) is 4.55. The number of nitrogens with one attached hydrogen (secondary N) is 3. The number of hydrogen-bond acceptors (Lipinski definition) is 5. The first-order chi connectivity index (χ1) is 14.8. The van der Waals surface area contributed by atoms with Crippen LogP contribution in [-0.4, -0.2) is 44.8 Å². The third kappa shape index (κ3) is 3.49. The van der Waals surface area contributed by atoms with Gasteiger partial charge in [-0.05, 0) is 39.3 Å². The Hall–Kier alpha value is -2.84. The van der Waals surface area contributed by atoms with Crippen molar-refractivity contribution in [2.45, 2.75) is 39.8 Å². The van der Waals surface area contributed by atoms with E-state index in [1.54, 1.807) is 16.8 Å². The number of hydrogen-bond donors (Lipinski definition) is 3. The van der Waals surface area contributed by atoms with Crippen LogP contribution in [0.4, 0.5) is 21.6 Å². The van der Waals surface area contributed by atoms with Crippen LogP contribution in [0.3, 0.4) is 0 Å². The van der Waals surface area contributed by atoms with Crippen LogP contribution in [0.2, 0.25) is 5.02 Å². The molecule has 3 N–H and O–H groups in total. The highest BCUT2D eigenvalue weighted by Gasteiger charge is 2.25. The van der Waals surface area contributed by atoms with E-state index in [2.05, 4.69) is 51.5 Å². The van der Waals surface area contributed by atoms with Gasteiger partial charge in [-0.15, -0.1) is 0 Å². The molecule has 162 valence electrons. The largest absolute Gasteiger partial charge is 0.368 e. The summed E-state index contributed by atoms with van der Waals surface area (Å²) in [5, 5.41) is 15.7. The quantitative estimate of drug-likeness (QED) is 0.435. The smallest absolute Gasteiger partial charge is 0.173 e. The van der Waals surface area contributed by atoms with Crippen LogP contribution in [0.25, 0.3) is 16.6 Å². The molecule has 9 heteroatoms. The molecular formula is C22H25ClFN7. The third-order valence-corrected chi connectivity index (χ3v) is 6.11. The number of piperazine rings is 1.